The fourth-order valence-electron chi connectivity index (χ4n) is 3.71. The molecule has 0 unspecified atom stereocenters. The molecule has 1 aliphatic rings. The molecule has 0 saturated carbocycles. The number of hydrogen-bond donors (Lipinski definition) is 3. The van der Waals surface area contributed by atoms with Gasteiger partial charge in [-0.25, -0.2) is 9.59 Å². The largest absolute Gasteiger partial charge is 0.507 e. The number of thioether (sulfide) groups is 1. The third-order valence-electron chi connectivity index (χ3n) is 5.53. The van der Waals surface area contributed by atoms with Crippen molar-refractivity contribution in [2.75, 3.05) is 31.7 Å². The molecule has 1 aliphatic heterocycles. The normalized spacial score (nSPS) is 13.2. The standard InChI is InChI=1S/C26H38N2O7S/c1-16(7-9-18-22(30)21-19(15-34-24(21)31)17(2)23(18)33-6)8-10-20(29)27-11-13-36-14-12-28-25(32)35-26(3,4)5/h7,30H,8-15H2,1-6H3,(H,27,29)(H,28,32)/b16-7+. The summed E-state index contributed by atoms with van der Waals surface area (Å²) < 4.78 is 15.8. The summed E-state index contributed by atoms with van der Waals surface area (Å²) in [5.74, 6) is 1.36. The molecular formula is C26H38N2O7S. The van der Waals surface area contributed by atoms with Crippen LogP contribution in [-0.2, 0) is 27.3 Å². The van der Waals surface area contributed by atoms with Gasteiger partial charge in [0.15, 0.2) is 0 Å². The van der Waals surface area contributed by atoms with Crippen molar-refractivity contribution in [3.05, 3.63) is 33.9 Å². The monoisotopic (exact) mass is 522 g/mol. The first-order valence-corrected chi connectivity index (χ1v) is 13.1. The topological polar surface area (TPSA) is 123 Å². The zero-order chi connectivity index (χ0) is 26.9. The van der Waals surface area contributed by atoms with Crippen molar-refractivity contribution < 1.29 is 33.7 Å². The molecule has 1 aromatic carbocycles. The highest BCUT2D eigenvalue weighted by Gasteiger charge is 2.31. The van der Waals surface area contributed by atoms with E-state index in [-0.39, 0.29) is 23.8 Å². The Balaban J connectivity index is 1.72. The second-order valence-electron chi connectivity index (χ2n) is 9.56. The van der Waals surface area contributed by atoms with Crippen molar-refractivity contribution in [1.82, 2.24) is 10.6 Å². The zero-order valence-corrected chi connectivity index (χ0v) is 22.9. The molecule has 1 aromatic rings. The number of rotatable bonds is 12. The number of carbonyl (C=O) groups is 3. The Morgan fingerprint density at radius 2 is 1.83 bits per heavy atom. The van der Waals surface area contributed by atoms with Gasteiger partial charge in [0.05, 0.1) is 7.11 Å². The van der Waals surface area contributed by atoms with E-state index in [9.17, 15) is 19.5 Å². The maximum absolute atomic E-state index is 12.2. The number of methoxy groups -OCH3 is 1. The Labute approximate surface area is 217 Å². The minimum Gasteiger partial charge on any atom is -0.507 e. The number of allylic oxidation sites excluding steroid dienone is 2. The predicted octanol–water partition coefficient (Wildman–Crippen LogP) is 4.02. The van der Waals surface area contributed by atoms with Crippen LogP contribution in [0.5, 0.6) is 11.5 Å². The van der Waals surface area contributed by atoms with Crippen LogP contribution in [-0.4, -0.2) is 60.4 Å². The van der Waals surface area contributed by atoms with Crippen LogP contribution >= 0.6 is 11.8 Å². The highest BCUT2D eigenvalue weighted by atomic mass is 32.2. The number of amides is 2. The summed E-state index contributed by atoms with van der Waals surface area (Å²) >= 11 is 1.63. The summed E-state index contributed by atoms with van der Waals surface area (Å²) in [7, 11) is 1.53. The van der Waals surface area contributed by atoms with E-state index in [1.165, 1.54) is 7.11 Å². The van der Waals surface area contributed by atoms with E-state index in [4.69, 9.17) is 14.2 Å². The van der Waals surface area contributed by atoms with Crippen LogP contribution in [0.3, 0.4) is 0 Å². The van der Waals surface area contributed by atoms with Gasteiger partial charge in [0.2, 0.25) is 5.91 Å². The highest BCUT2D eigenvalue weighted by molar-refractivity contribution is 7.99. The molecule has 200 valence electrons. The fourth-order valence-corrected chi connectivity index (χ4v) is 4.41. The Bertz CT molecular complexity index is 999. The van der Waals surface area contributed by atoms with Gasteiger partial charge >= 0.3 is 12.1 Å². The van der Waals surface area contributed by atoms with Crippen molar-refractivity contribution in [2.45, 2.75) is 66.1 Å². The Morgan fingerprint density at radius 3 is 2.47 bits per heavy atom. The van der Waals surface area contributed by atoms with Gasteiger partial charge in [-0.05, 0) is 53.0 Å². The van der Waals surface area contributed by atoms with E-state index < -0.39 is 17.7 Å². The van der Waals surface area contributed by atoms with Crippen LogP contribution in [0, 0.1) is 6.92 Å². The summed E-state index contributed by atoms with van der Waals surface area (Å²) in [4.78, 5) is 35.8. The Hall–Kier alpha value is -2.88. The van der Waals surface area contributed by atoms with Crippen molar-refractivity contribution in [1.29, 1.82) is 0 Å². The van der Waals surface area contributed by atoms with Crippen molar-refractivity contribution >= 4 is 29.7 Å². The van der Waals surface area contributed by atoms with Crippen LogP contribution in [0.1, 0.15) is 67.6 Å². The van der Waals surface area contributed by atoms with E-state index >= 15 is 0 Å². The van der Waals surface area contributed by atoms with Gasteiger partial charge in [-0.2, -0.15) is 11.8 Å². The number of cyclic esters (lactones) is 1. The molecule has 2 rings (SSSR count). The summed E-state index contributed by atoms with van der Waals surface area (Å²) in [6.07, 6.45) is 2.81. The number of phenolic OH excluding ortho intramolecular Hbond substituents is 1. The SMILES string of the molecule is COc1c(C)c2c(c(O)c1C/C=C(\C)CCC(=O)NCCSCCNC(=O)OC(C)(C)C)C(=O)OC2. The van der Waals surface area contributed by atoms with Crippen molar-refractivity contribution in [3.8, 4) is 11.5 Å². The molecule has 10 heteroatoms. The van der Waals surface area contributed by atoms with Crippen molar-refractivity contribution in [2.24, 2.45) is 0 Å². The van der Waals surface area contributed by atoms with Gasteiger partial charge in [0.25, 0.3) is 0 Å². The maximum Gasteiger partial charge on any atom is 0.407 e. The van der Waals surface area contributed by atoms with Gasteiger partial charge in [0, 0.05) is 42.1 Å². The lowest BCUT2D eigenvalue weighted by atomic mass is 9.94. The molecule has 0 aliphatic carbocycles. The van der Waals surface area contributed by atoms with Gasteiger partial charge in [0.1, 0.15) is 29.3 Å². The second-order valence-corrected chi connectivity index (χ2v) is 10.8. The van der Waals surface area contributed by atoms with Crippen LogP contribution < -0.4 is 15.4 Å². The fraction of sp³-hybridized carbons (Fsp3) is 0.577. The van der Waals surface area contributed by atoms with Crippen molar-refractivity contribution in [3.63, 3.8) is 0 Å². The number of nitrogens with one attached hydrogen (secondary N) is 2. The first-order chi connectivity index (χ1) is 16.9. The quantitative estimate of drug-likeness (QED) is 0.214. The third kappa shape index (κ3) is 8.65. The summed E-state index contributed by atoms with van der Waals surface area (Å²) in [6.45, 7) is 10.4. The third-order valence-corrected chi connectivity index (χ3v) is 6.52. The van der Waals surface area contributed by atoms with Crippen LogP contribution in [0.15, 0.2) is 11.6 Å². The number of benzene rings is 1. The number of phenols is 1. The molecule has 0 fully saturated rings. The van der Waals surface area contributed by atoms with Crippen LogP contribution in [0.2, 0.25) is 0 Å². The number of alkyl carbamates (subject to hydrolysis) is 1. The lowest BCUT2D eigenvalue weighted by Gasteiger charge is -2.19. The number of hydrogen-bond acceptors (Lipinski definition) is 8. The summed E-state index contributed by atoms with van der Waals surface area (Å²) in [5, 5.41) is 16.3. The number of carbonyl (C=O) groups excluding carboxylic acids is 3. The smallest absolute Gasteiger partial charge is 0.407 e. The summed E-state index contributed by atoms with van der Waals surface area (Å²) in [6, 6.07) is 0. The molecule has 0 spiro atoms. The molecule has 0 saturated heterocycles. The molecule has 0 atom stereocenters. The molecule has 2 amide bonds. The number of fused-ring (bicyclic) bond motifs is 1. The Kier molecular flexibility index (Phi) is 11.0. The van der Waals surface area contributed by atoms with Gasteiger partial charge in [-0.1, -0.05) is 11.6 Å². The first kappa shape index (κ1) is 29.4. The first-order valence-electron chi connectivity index (χ1n) is 12.0. The minimum absolute atomic E-state index is 0.0354. The van der Waals surface area contributed by atoms with Crippen LogP contribution in [0.25, 0.3) is 0 Å². The van der Waals surface area contributed by atoms with Crippen LogP contribution in [0.4, 0.5) is 4.79 Å². The zero-order valence-electron chi connectivity index (χ0n) is 22.0. The van der Waals surface area contributed by atoms with Gasteiger partial charge < -0.3 is 30.0 Å². The number of aromatic hydroxyl groups is 1. The van der Waals surface area contributed by atoms with E-state index in [0.717, 1.165) is 22.6 Å². The molecule has 36 heavy (non-hydrogen) atoms. The Morgan fingerprint density at radius 1 is 1.17 bits per heavy atom. The molecule has 1 heterocycles. The average molecular weight is 523 g/mol. The lowest BCUT2D eigenvalue weighted by Crippen LogP contribution is -2.33. The van der Waals surface area contributed by atoms with E-state index in [2.05, 4.69) is 10.6 Å². The minimum atomic E-state index is -0.524. The molecular weight excluding hydrogens is 484 g/mol. The molecule has 9 nitrogen and oxygen atoms in total. The average Bonchev–Trinajstić information content (AvgIpc) is 3.19. The number of ether oxygens (including phenoxy) is 3. The van der Waals surface area contributed by atoms with Gasteiger partial charge in [-0.15, -0.1) is 0 Å². The van der Waals surface area contributed by atoms with E-state index in [1.807, 2.05) is 40.7 Å². The molecule has 0 bridgehead atoms. The second kappa shape index (κ2) is 13.4. The maximum atomic E-state index is 12.2. The summed E-state index contributed by atoms with van der Waals surface area (Å²) in [5.41, 5.74) is 2.68. The van der Waals surface area contributed by atoms with Gasteiger partial charge in [-0.3, -0.25) is 4.79 Å². The van der Waals surface area contributed by atoms with E-state index in [1.54, 1.807) is 11.8 Å². The molecule has 0 aromatic heterocycles. The lowest BCUT2D eigenvalue weighted by molar-refractivity contribution is -0.120. The predicted molar refractivity (Wildman–Crippen MR) is 140 cm³/mol. The molecule has 0 radical (unpaired) electrons. The van der Waals surface area contributed by atoms with E-state index in [0.29, 0.717) is 49.2 Å². The highest BCUT2D eigenvalue weighted by Crippen LogP contribution is 2.42. The number of esters is 1. The molecule has 3 N–H and O–H groups in total.